The van der Waals surface area contributed by atoms with Crippen LogP contribution in [0.25, 0.3) is 10.8 Å². The lowest BCUT2D eigenvalue weighted by Gasteiger charge is -2.11. The summed E-state index contributed by atoms with van der Waals surface area (Å²) in [6.07, 6.45) is 0.306. The molecule has 2 amide bonds. The maximum atomic E-state index is 11.7. The molecular weight excluding hydrogens is 314 g/mol. The Morgan fingerprint density at radius 2 is 1.78 bits per heavy atom. The average Bonchev–Trinajstić information content (AvgIpc) is 2.57. The van der Waals surface area contributed by atoms with Gasteiger partial charge in [-0.15, -0.1) is 0 Å². The second-order valence-corrected chi connectivity index (χ2v) is 5.11. The number of rotatable bonds is 4. The van der Waals surface area contributed by atoms with E-state index in [9.17, 15) is 9.59 Å². The van der Waals surface area contributed by atoms with E-state index in [0.717, 1.165) is 10.8 Å². The van der Waals surface area contributed by atoms with Crippen molar-refractivity contribution in [3.63, 3.8) is 0 Å². The second kappa shape index (κ2) is 8.09. The Hall–Kier alpha value is -2.67. The molecule has 0 fully saturated rings. The SMILES string of the molecule is CCC(=O)NC(=S)NNC(=O)COc1ccc2ccccc2c1. The summed E-state index contributed by atoms with van der Waals surface area (Å²) >= 11 is 4.85. The van der Waals surface area contributed by atoms with Crippen molar-refractivity contribution in [3.8, 4) is 5.75 Å². The van der Waals surface area contributed by atoms with Gasteiger partial charge in [0.05, 0.1) is 0 Å². The third-order valence-electron chi connectivity index (χ3n) is 2.98. The van der Waals surface area contributed by atoms with E-state index in [4.69, 9.17) is 17.0 Å². The molecule has 0 aliphatic heterocycles. The summed E-state index contributed by atoms with van der Waals surface area (Å²) < 4.78 is 5.43. The van der Waals surface area contributed by atoms with Crippen LogP contribution in [-0.2, 0) is 9.59 Å². The molecule has 120 valence electrons. The molecule has 0 heterocycles. The van der Waals surface area contributed by atoms with Crippen molar-refractivity contribution in [1.82, 2.24) is 16.2 Å². The van der Waals surface area contributed by atoms with E-state index in [-0.39, 0.29) is 17.6 Å². The fraction of sp³-hybridized carbons (Fsp3) is 0.188. The van der Waals surface area contributed by atoms with Crippen molar-refractivity contribution in [2.75, 3.05) is 6.61 Å². The summed E-state index contributed by atoms with van der Waals surface area (Å²) in [5.74, 6) is -0.0452. The molecule has 0 saturated heterocycles. The predicted molar refractivity (Wildman–Crippen MR) is 91.8 cm³/mol. The minimum absolute atomic E-state index is 0.0379. The van der Waals surface area contributed by atoms with Gasteiger partial charge in [0.1, 0.15) is 5.75 Å². The first kappa shape index (κ1) is 16.7. The monoisotopic (exact) mass is 331 g/mol. The molecule has 0 radical (unpaired) electrons. The van der Waals surface area contributed by atoms with E-state index in [0.29, 0.717) is 12.2 Å². The lowest BCUT2D eigenvalue weighted by Crippen LogP contribution is -2.49. The van der Waals surface area contributed by atoms with Gasteiger partial charge in [-0.25, -0.2) is 0 Å². The number of thiocarbonyl (C=S) groups is 1. The first-order valence-corrected chi connectivity index (χ1v) is 7.49. The normalized spacial score (nSPS) is 9.96. The Kier molecular flexibility index (Phi) is 5.87. The number of hydrogen-bond donors (Lipinski definition) is 3. The van der Waals surface area contributed by atoms with Crippen molar-refractivity contribution in [2.45, 2.75) is 13.3 Å². The highest BCUT2D eigenvalue weighted by Gasteiger charge is 2.05. The Balaban J connectivity index is 1.79. The zero-order valence-electron chi connectivity index (χ0n) is 12.6. The van der Waals surface area contributed by atoms with Crippen LogP contribution >= 0.6 is 12.2 Å². The van der Waals surface area contributed by atoms with E-state index in [1.807, 2.05) is 36.4 Å². The smallest absolute Gasteiger partial charge is 0.276 e. The highest BCUT2D eigenvalue weighted by Crippen LogP contribution is 2.20. The summed E-state index contributed by atoms with van der Waals surface area (Å²) in [5.41, 5.74) is 4.78. The van der Waals surface area contributed by atoms with E-state index in [1.165, 1.54) is 0 Å². The van der Waals surface area contributed by atoms with Gasteiger partial charge in [-0.05, 0) is 35.1 Å². The fourth-order valence-corrected chi connectivity index (χ4v) is 1.98. The zero-order valence-corrected chi connectivity index (χ0v) is 13.4. The first-order chi connectivity index (χ1) is 11.1. The van der Waals surface area contributed by atoms with Crippen LogP contribution in [0.4, 0.5) is 0 Å². The third-order valence-corrected chi connectivity index (χ3v) is 3.18. The minimum Gasteiger partial charge on any atom is -0.484 e. The molecule has 0 unspecified atom stereocenters. The van der Waals surface area contributed by atoms with Crippen LogP contribution in [0, 0.1) is 0 Å². The van der Waals surface area contributed by atoms with E-state index in [2.05, 4.69) is 16.2 Å². The highest BCUT2D eigenvalue weighted by molar-refractivity contribution is 7.80. The van der Waals surface area contributed by atoms with Gasteiger partial charge < -0.3 is 10.1 Å². The Morgan fingerprint density at radius 1 is 1.04 bits per heavy atom. The maximum absolute atomic E-state index is 11.7. The molecule has 0 spiro atoms. The molecule has 7 heteroatoms. The molecule has 23 heavy (non-hydrogen) atoms. The van der Waals surface area contributed by atoms with Gasteiger partial charge in [0.15, 0.2) is 11.7 Å². The first-order valence-electron chi connectivity index (χ1n) is 7.08. The number of hydrogen-bond acceptors (Lipinski definition) is 4. The number of carbonyl (C=O) groups excluding carboxylic acids is 2. The summed E-state index contributed by atoms with van der Waals surface area (Å²) in [6.45, 7) is 1.53. The van der Waals surface area contributed by atoms with Crippen LogP contribution < -0.4 is 20.9 Å². The van der Waals surface area contributed by atoms with Crippen LogP contribution in [0.1, 0.15) is 13.3 Å². The van der Waals surface area contributed by atoms with Crippen molar-refractivity contribution in [1.29, 1.82) is 0 Å². The van der Waals surface area contributed by atoms with Crippen LogP contribution in [0.5, 0.6) is 5.75 Å². The molecule has 3 N–H and O–H groups in total. The number of carbonyl (C=O) groups is 2. The van der Waals surface area contributed by atoms with Gasteiger partial charge in [0, 0.05) is 6.42 Å². The molecule has 0 aromatic heterocycles. The number of fused-ring (bicyclic) bond motifs is 1. The molecule has 2 aromatic rings. The van der Waals surface area contributed by atoms with Gasteiger partial charge in [-0.2, -0.15) is 0 Å². The number of nitrogens with one attached hydrogen (secondary N) is 3. The van der Waals surface area contributed by atoms with E-state index >= 15 is 0 Å². The van der Waals surface area contributed by atoms with Crippen LogP contribution in [-0.4, -0.2) is 23.5 Å². The Bertz CT molecular complexity index is 733. The molecule has 0 bridgehead atoms. The van der Waals surface area contributed by atoms with Crippen LogP contribution in [0.15, 0.2) is 42.5 Å². The highest BCUT2D eigenvalue weighted by atomic mass is 32.1. The standard InChI is InChI=1S/C16H17N3O3S/c1-2-14(20)17-16(23)19-18-15(21)10-22-13-8-7-11-5-3-4-6-12(11)9-13/h3-9H,2,10H2,1H3,(H,18,21)(H2,17,19,20,23). The Labute approximate surface area is 139 Å². The van der Waals surface area contributed by atoms with Gasteiger partial charge in [-0.3, -0.25) is 20.4 Å². The van der Waals surface area contributed by atoms with Gasteiger partial charge in [0.25, 0.3) is 5.91 Å². The quantitative estimate of drug-likeness (QED) is 0.586. The summed E-state index contributed by atoms with van der Waals surface area (Å²) in [4.78, 5) is 22.8. The van der Waals surface area contributed by atoms with Crippen molar-refractivity contribution in [3.05, 3.63) is 42.5 Å². The average molecular weight is 331 g/mol. The van der Waals surface area contributed by atoms with Gasteiger partial charge in [-0.1, -0.05) is 37.3 Å². The molecule has 2 rings (SSSR count). The van der Waals surface area contributed by atoms with Crippen molar-refractivity contribution >= 4 is 39.9 Å². The number of benzene rings is 2. The second-order valence-electron chi connectivity index (χ2n) is 4.70. The zero-order chi connectivity index (χ0) is 16.7. The predicted octanol–water partition coefficient (Wildman–Crippen LogP) is 1.65. The lowest BCUT2D eigenvalue weighted by molar-refractivity contribution is -0.124. The number of hydrazine groups is 1. The van der Waals surface area contributed by atoms with Crippen LogP contribution in [0.2, 0.25) is 0 Å². The molecule has 0 aliphatic carbocycles. The minimum atomic E-state index is -0.411. The molecule has 2 aromatic carbocycles. The Morgan fingerprint density at radius 3 is 2.52 bits per heavy atom. The largest absolute Gasteiger partial charge is 0.484 e. The fourth-order valence-electron chi connectivity index (χ4n) is 1.81. The molecule has 0 saturated carbocycles. The molecule has 0 atom stereocenters. The molecular formula is C16H17N3O3S. The number of amides is 2. The number of ether oxygens (including phenoxy) is 1. The summed E-state index contributed by atoms with van der Waals surface area (Å²) in [6, 6.07) is 13.5. The van der Waals surface area contributed by atoms with Crippen molar-refractivity contribution in [2.24, 2.45) is 0 Å². The van der Waals surface area contributed by atoms with E-state index < -0.39 is 5.91 Å². The van der Waals surface area contributed by atoms with Crippen LogP contribution in [0.3, 0.4) is 0 Å². The summed E-state index contributed by atoms with van der Waals surface area (Å²) in [5, 5.41) is 4.58. The lowest BCUT2D eigenvalue weighted by atomic mass is 10.1. The molecule has 6 nitrogen and oxygen atoms in total. The van der Waals surface area contributed by atoms with Gasteiger partial charge in [0.2, 0.25) is 5.91 Å². The third kappa shape index (κ3) is 5.23. The van der Waals surface area contributed by atoms with Gasteiger partial charge >= 0.3 is 0 Å². The van der Waals surface area contributed by atoms with Crippen molar-refractivity contribution < 1.29 is 14.3 Å². The maximum Gasteiger partial charge on any atom is 0.276 e. The van der Waals surface area contributed by atoms with E-state index in [1.54, 1.807) is 13.0 Å². The summed E-state index contributed by atoms with van der Waals surface area (Å²) in [7, 11) is 0. The topological polar surface area (TPSA) is 79.5 Å². The molecule has 0 aliphatic rings.